The third-order valence-electron chi connectivity index (χ3n) is 2.60. The van der Waals surface area contributed by atoms with Crippen LogP contribution in [0.2, 0.25) is 5.02 Å². The van der Waals surface area contributed by atoms with Crippen LogP contribution in [0.25, 0.3) is 0 Å². The van der Waals surface area contributed by atoms with Gasteiger partial charge in [0, 0.05) is 18.5 Å². The maximum Gasteiger partial charge on any atom is 0.119 e. The summed E-state index contributed by atoms with van der Waals surface area (Å²) in [5.41, 5.74) is 8.44. The van der Waals surface area contributed by atoms with Crippen LogP contribution in [0.5, 0.6) is 0 Å². The average Bonchev–Trinajstić information content (AvgIpc) is 2.65. The average molecular weight is 283 g/mol. The molecule has 0 radical (unpaired) electrons. The van der Waals surface area contributed by atoms with Gasteiger partial charge >= 0.3 is 0 Å². The summed E-state index contributed by atoms with van der Waals surface area (Å²) < 4.78 is 1.92. The maximum atomic E-state index is 6.25. The number of aromatic nitrogens is 3. The predicted octanol–water partition coefficient (Wildman–Crippen LogP) is 3.13. The smallest absolute Gasteiger partial charge is 0.119 e. The molecule has 96 valence electrons. The van der Waals surface area contributed by atoms with Crippen LogP contribution >= 0.6 is 23.4 Å². The van der Waals surface area contributed by atoms with E-state index in [1.54, 1.807) is 18.0 Å². The molecule has 0 aliphatic carbocycles. The summed E-state index contributed by atoms with van der Waals surface area (Å²) in [6.45, 7) is 4.77. The van der Waals surface area contributed by atoms with Gasteiger partial charge in [0.25, 0.3) is 0 Å². The van der Waals surface area contributed by atoms with Crippen LogP contribution in [0.15, 0.2) is 23.4 Å². The van der Waals surface area contributed by atoms with E-state index >= 15 is 0 Å². The van der Waals surface area contributed by atoms with E-state index < -0.39 is 0 Å². The van der Waals surface area contributed by atoms with Crippen molar-refractivity contribution in [2.45, 2.75) is 31.2 Å². The molecule has 2 N–H and O–H groups in total. The number of hydrogen-bond donors (Lipinski definition) is 1. The molecule has 0 fully saturated rings. The summed E-state index contributed by atoms with van der Waals surface area (Å²) in [5.74, 6) is 0.717. The van der Waals surface area contributed by atoms with Gasteiger partial charge in [-0.25, -0.2) is 4.98 Å². The zero-order chi connectivity index (χ0) is 13.1. The van der Waals surface area contributed by atoms with E-state index in [0.29, 0.717) is 11.4 Å². The number of rotatable bonds is 4. The van der Waals surface area contributed by atoms with Crippen molar-refractivity contribution in [1.82, 2.24) is 14.8 Å². The minimum Gasteiger partial charge on any atom is -0.397 e. The molecule has 0 saturated carbocycles. The monoisotopic (exact) mass is 282 g/mol. The van der Waals surface area contributed by atoms with Crippen LogP contribution in [0.3, 0.4) is 0 Å². The first-order chi connectivity index (χ1) is 8.63. The summed E-state index contributed by atoms with van der Waals surface area (Å²) in [6.07, 6.45) is 1.74. The summed E-state index contributed by atoms with van der Waals surface area (Å²) in [6, 6.07) is 3.67. The molecule has 6 heteroatoms. The lowest BCUT2D eigenvalue weighted by Crippen LogP contribution is -2.02. The minimum atomic E-state index is 0.693. The lowest BCUT2D eigenvalue weighted by molar-refractivity contribution is 0.632. The van der Waals surface area contributed by atoms with Crippen molar-refractivity contribution in [1.29, 1.82) is 0 Å². The number of pyridine rings is 1. The summed E-state index contributed by atoms with van der Waals surface area (Å²) >= 11 is 7.83. The van der Waals surface area contributed by atoms with Gasteiger partial charge in [-0.15, -0.1) is 0 Å². The molecule has 0 unspecified atom stereocenters. The van der Waals surface area contributed by atoms with E-state index in [4.69, 9.17) is 17.3 Å². The molecule has 2 aromatic rings. The highest BCUT2D eigenvalue weighted by molar-refractivity contribution is 7.98. The Hall–Kier alpha value is -1.20. The van der Waals surface area contributed by atoms with Gasteiger partial charge < -0.3 is 5.73 Å². The van der Waals surface area contributed by atoms with Crippen molar-refractivity contribution in [3.05, 3.63) is 34.7 Å². The van der Waals surface area contributed by atoms with Crippen molar-refractivity contribution in [2.75, 3.05) is 5.73 Å². The van der Waals surface area contributed by atoms with Gasteiger partial charge in [-0.1, -0.05) is 23.4 Å². The molecule has 0 aliphatic heterocycles. The topological polar surface area (TPSA) is 56.7 Å². The first-order valence-corrected chi connectivity index (χ1v) is 7.05. The van der Waals surface area contributed by atoms with Crippen LogP contribution in [0, 0.1) is 6.92 Å². The fraction of sp³-hybridized carbons (Fsp3) is 0.333. The molecule has 0 aliphatic rings. The molecule has 0 bridgehead atoms. The van der Waals surface area contributed by atoms with Crippen molar-refractivity contribution >= 4 is 29.1 Å². The predicted molar refractivity (Wildman–Crippen MR) is 75.9 cm³/mol. The first-order valence-electron chi connectivity index (χ1n) is 5.68. The minimum absolute atomic E-state index is 0.693. The Bertz CT molecular complexity index is 553. The van der Waals surface area contributed by atoms with E-state index in [1.807, 2.05) is 30.7 Å². The zero-order valence-electron chi connectivity index (χ0n) is 10.4. The fourth-order valence-electron chi connectivity index (χ4n) is 1.67. The van der Waals surface area contributed by atoms with Crippen molar-refractivity contribution < 1.29 is 0 Å². The number of thioether (sulfide) groups is 1. The molecule has 2 aromatic heterocycles. The number of nitrogens with zero attached hydrogens (tertiary/aromatic N) is 3. The third-order valence-corrected chi connectivity index (χ3v) is 4.12. The van der Waals surface area contributed by atoms with Crippen LogP contribution in [-0.4, -0.2) is 14.8 Å². The Morgan fingerprint density at radius 3 is 2.94 bits per heavy atom. The molecule has 0 atom stereocenters. The van der Waals surface area contributed by atoms with Crippen molar-refractivity contribution in [3.63, 3.8) is 0 Å². The second kappa shape index (κ2) is 5.63. The number of nitrogen functional groups attached to an aromatic ring is 1. The van der Waals surface area contributed by atoms with E-state index in [0.717, 1.165) is 28.0 Å². The molecule has 2 rings (SSSR count). The summed E-state index contributed by atoms with van der Waals surface area (Å²) in [5, 5.41) is 5.95. The van der Waals surface area contributed by atoms with Gasteiger partial charge in [0.1, 0.15) is 5.03 Å². The second-order valence-electron chi connectivity index (χ2n) is 3.85. The Labute approximate surface area is 116 Å². The number of aryl methyl sites for hydroxylation is 2. The molecule has 0 amide bonds. The summed E-state index contributed by atoms with van der Waals surface area (Å²) in [7, 11) is 0. The van der Waals surface area contributed by atoms with E-state index in [2.05, 4.69) is 10.1 Å². The molecule has 0 spiro atoms. The second-order valence-corrected chi connectivity index (χ2v) is 5.19. The van der Waals surface area contributed by atoms with Crippen LogP contribution in [0.4, 0.5) is 5.69 Å². The number of hydrogen-bond acceptors (Lipinski definition) is 4. The SMILES string of the molecule is CCn1nc(C)c(Cl)c1CSc1ncccc1N. The van der Waals surface area contributed by atoms with Crippen LogP contribution in [0.1, 0.15) is 18.3 Å². The van der Waals surface area contributed by atoms with E-state index in [-0.39, 0.29) is 0 Å². The largest absolute Gasteiger partial charge is 0.397 e. The molecule has 2 heterocycles. The van der Waals surface area contributed by atoms with Crippen molar-refractivity contribution in [3.8, 4) is 0 Å². The Kier molecular flexibility index (Phi) is 4.14. The van der Waals surface area contributed by atoms with Crippen LogP contribution in [-0.2, 0) is 12.3 Å². The number of halogens is 1. The molecule has 0 aromatic carbocycles. The van der Waals surface area contributed by atoms with Gasteiger partial charge in [0.2, 0.25) is 0 Å². The van der Waals surface area contributed by atoms with E-state index in [1.165, 1.54) is 0 Å². The quantitative estimate of drug-likeness (QED) is 0.876. The molecule has 18 heavy (non-hydrogen) atoms. The first kappa shape index (κ1) is 13.2. The fourth-order valence-corrected chi connectivity index (χ4v) is 2.89. The number of nitrogens with two attached hydrogens (primary N) is 1. The Balaban J connectivity index is 2.18. The highest BCUT2D eigenvalue weighted by atomic mass is 35.5. The summed E-state index contributed by atoms with van der Waals surface area (Å²) in [4.78, 5) is 4.25. The van der Waals surface area contributed by atoms with E-state index in [9.17, 15) is 0 Å². The van der Waals surface area contributed by atoms with Crippen LogP contribution < -0.4 is 5.73 Å². The maximum absolute atomic E-state index is 6.25. The number of anilines is 1. The molecule has 0 saturated heterocycles. The van der Waals surface area contributed by atoms with Gasteiger partial charge in [0.05, 0.1) is 22.1 Å². The Morgan fingerprint density at radius 1 is 1.50 bits per heavy atom. The zero-order valence-corrected chi connectivity index (χ0v) is 11.9. The third kappa shape index (κ3) is 2.62. The highest BCUT2D eigenvalue weighted by Crippen LogP contribution is 2.29. The highest BCUT2D eigenvalue weighted by Gasteiger charge is 2.13. The molecular weight excluding hydrogens is 268 g/mol. The van der Waals surface area contributed by atoms with Crippen molar-refractivity contribution in [2.24, 2.45) is 0 Å². The van der Waals surface area contributed by atoms with Gasteiger partial charge in [0.15, 0.2) is 0 Å². The molecule has 4 nitrogen and oxygen atoms in total. The Morgan fingerprint density at radius 2 is 2.28 bits per heavy atom. The lowest BCUT2D eigenvalue weighted by atomic mass is 10.4. The van der Waals surface area contributed by atoms with Gasteiger partial charge in [-0.05, 0) is 26.0 Å². The molecular formula is C12H15ClN4S. The lowest BCUT2D eigenvalue weighted by Gasteiger charge is -2.06. The van der Waals surface area contributed by atoms with Gasteiger partial charge in [-0.2, -0.15) is 5.10 Å². The normalized spacial score (nSPS) is 10.8. The van der Waals surface area contributed by atoms with Gasteiger partial charge in [-0.3, -0.25) is 4.68 Å². The standard InChI is InChI=1S/C12H15ClN4S/c1-3-17-10(11(13)8(2)16-17)7-18-12-9(14)5-4-6-15-12/h4-6H,3,7,14H2,1-2H3.